The molecule has 1 aromatic carbocycles. The van der Waals surface area contributed by atoms with Gasteiger partial charge in [0.15, 0.2) is 5.78 Å². The van der Waals surface area contributed by atoms with Gasteiger partial charge in [-0.2, -0.15) is 0 Å². The second kappa shape index (κ2) is 8.50. The number of rotatable bonds is 4. The number of Topliss-reactive ketones (excluding diaryl/α,β-unsaturated/α-hetero) is 1. The Kier molecular flexibility index (Phi) is 6.41. The van der Waals surface area contributed by atoms with Crippen LogP contribution in [0.3, 0.4) is 0 Å². The Bertz CT molecular complexity index is 826. The van der Waals surface area contributed by atoms with Gasteiger partial charge in [-0.25, -0.2) is 4.79 Å². The SMILES string of the molecule is CC(=O)N1CCC(C(=O)[C@]2(N(C)C(=O)O)CNC[C@@H]2c2ccc(Cl)c(Cl)c2)CC1. The number of hydrogen-bond acceptors (Lipinski definition) is 4. The van der Waals surface area contributed by atoms with Crippen LogP contribution < -0.4 is 5.32 Å². The molecule has 7 nitrogen and oxygen atoms in total. The van der Waals surface area contributed by atoms with Gasteiger partial charge >= 0.3 is 6.09 Å². The predicted molar refractivity (Wildman–Crippen MR) is 111 cm³/mol. The molecular formula is C20H25Cl2N3O4. The van der Waals surface area contributed by atoms with E-state index in [4.69, 9.17) is 23.2 Å². The van der Waals surface area contributed by atoms with E-state index >= 15 is 0 Å². The molecule has 2 N–H and O–H groups in total. The van der Waals surface area contributed by atoms with Crippen molar-refractivity contribution in [2.45, 2.75) is 31.2 Å². The molecule has 9 heteroatoms. The monoisotopic (exact) mass is 441 g/mol. The lowest BCUT2D eigenvalue weighted by atomic mass is 9.72. The lowest BCUT2D eigenvalue weighted by Crippen LogP contribution is -2.62. The number of hydrogen-bond donors (Lipinski definition) is 2. The Morgan fingerprint density at radius 3 is 2.41 bits per heavy atom. The topological polar surface area (TPSA) is 90.0 Å². The highest BCUT2D eigenvalue weighted by Crippen LogP contribution is 2.41. The summed E-state index contributed by atoms with van der Waals surface area (Å²) in [7, 11) is 1.45. The van der Waals surface area contributed by atoms with Crippen molar-refractivity contribution in [1.82, 2.24) is 15.1 Å². The van der Waals surface area contributed by atoms with E-state index in [1.54, 1.807) is 23.1 Å². The number of piperidine rings is 1. The van der Waals surface area contributed by atoms with Crippen molar-refractivity contribution >= 4 is 41.0 Å². The van der Waals surface area contributed by atoms with Crippen molar-refractivity contribution in [3.05, 3.63) is 33.8 Å². The summed E-state index contributed by atoms with van der Waals surface area (Å²) in [6.07, 6.45) is -0.100. The third-order valence-corrected chi connectivity index (χ3v) is 7.03. The molecule has 2 aliphatic heterocycles. The van der Waals surface area contributed by atoms with Crippen LogP contribution in [0.15, 0.2) is 18.2 Å². The molecule has 2 heterocycles. The average Bonchev–Trinajstić information content (AvgIpc) is 3.14. The van der Waals surface area contributed by atoms with Gasteiger partial charge in [0.2, 0.25) is 5.91 Å². The van der Waals surface area contributed by atoms with Crippen molar-refractivity contribution in [3.63, 3.8) is 0 Å². The second-order valence-corrected chi connectivity index (χ2v) is 8.58. The molecule has 3 rings (SSSR count). The molecule has 2 atom stereocenters. The van der Waals surface area contributed by atoms with Gasteiger partial charge in [0.05, 0.1) is 10.0 Å². The summed E-state index contributed by atoms with van der Waals surface area (Å²) in [6.45, 7) is 3.20. The molecule has 2 saturated heterocycles. The maximum absolute atomic E-state index is 13.8. The van der Waals surface area contributed by atoms with Crippen molar-refractivity contribution in [1.29, 1.82) is 0 Å². The number of nitrogens with zero attached hydrogens (tertiary/aromatic N) is 2. The minimum absolute atomic E-state index is 0.00974. The molecule has 0 saturated carbocycles. The van der Waals surface area contributed by atoms with Gasteiger partial charge < -0.3 is 15.3 Å². The molecule has 2 aliphatic rings. The highest BCUT2D eigenvalue weighted by Gasteiger charge is 2.56. The number of carboxylic acid groups (broad SMARTS) is 1. The van der Waals surface area contributed by atoms with E-state index in [1.165, 1.54) is 14.0 Å². The molecular weight excluding hydrogens is 417 g/mol. The number of halogens is 2. The van der Waals surface area contributed by atoms with Crippen LogP contribution in [-0.4, -0.2) is 71.5 Å². The summed E-state index contributed by atoms with van der Waals surface area (Å²) in [5.74, 6) is -0.814. The first-order valence-corrected chi connectivity index (χ1v) is 10.4. The van der Waals surface area contributed by atoms with Crippen LogP contribution in [0.2, 0.25) is 10.0 Å². The van der Waals surface area contributed by atoms with E-state index in [9.17, 15) is 19.5 Å². The Hall–Kier alpha value is -1.83. The summed E-state index contributed by atoms with van der Waals surface area (Å²) in [5, 5.41) is 13.8. The van der Waals surface area contributed by atoms with Crippen LogP contribution >= 0.6 is 23.2 Å². The molecule has 158 valence electrons. The van der Waals surface area contributed by atoms with E-state index in [-0.39, 0.29) is 24.2 Å². The van der Waals surface area contributed by atoms with Crippen LogP contribution in [0.1, 0.15) is 31.2 Å². The highest BCUT2D eigenvalue weighted by molar-refractivity contribution is 6.42. The predicted octanol–water partition coefficient (Wildman–Crippen LogP) is 2.86. The smallest absolute Gasteiger partial charge is 0.407 e. The molecule has 0 spiro atoms. The highest BCUT2D eigenvalue weighted by atomic mass is 35.5. The number of nitrogens with one attached hydrogen (secondary N) is 1. The Morgan fingerprint density at radius 2 is 1.86 bits per heavy atom. The Labute approximate surface area is 179 Å². The number of ketones is 1. The molecule has 2 amide bonds. The van der Waals surface area contributed by atoms with Gasteiger partial charge in [0.25, 0.3) is 0 Å². The average molecular weight is 442 g/mol. The summed E-state index contributed by atoms with van der Waals surface area (Å²) in [5.41, 5.74) is -0.474. The van der Waals surface area contributed by atoms with E-state index in [1.807, 2.05) is 0 Å². The molecule has 0 bridgehead atoms. The standard InChI is InChI=1S/C20H25Cl2N3O4/c1-12(26)25-7-5-13(6-8-25)18(27)20(24(2)19(28)29)11-23-10-15(20)14-3-4-16(21)17(22)9-14/h3-4,9,13,15,23H,5-8,10-11H2,1-2H3,(H,28,29)/t15-,20+/m1/s1. The van der Waals surface area contributed by atoms with Gasteiger partial charge in [-0.05, 0) is 30.5 Å². The third kappa shape index (κ3) is 3.96. The maximum Gasteiger partial charge on any atom is 0.407 e. The normalized spacial score (nSPS) is 25.1. The van der Waals surface area contributed by atoms with Crippen molar-refractivity contribution in [2.24, 2.45) is 5.92 Å². The molecule has 0 aliphatic carbocycles. The molecule has 2 fully saturated rings. The minimum Gasteiger partial charge on any atom is -0.465 e. The first kappa shape index (κ1) is 21.9. The van der Waals surface area contributed by atoms with Crippen LogP contribution in [0, 0.1) is 5.92 Å². The van der Waals surface area contributed by atoms with E-state index in [2.05, 4.69) is 5.32 Å². The zero-order chi connectivity index (χ0) is 21.3. The first-order valence-electron chi connectivity index (χ1n) is 9.60. The van der Waals surface area contributed by atoms with Gasteiger partial charge in [0.1, 0.15) is 5.54 Å². The largest absolute Gasteiger partial charge is 0.465 e. The molecule has 1 aromatic rings. The van der Waals surface area contributed by atoms with Gasteiger partial charge in [-0.1, -0.05) is 29.3 Å². The Balaban J connectivity index is 1.97. The fraction of sp³-hybridized carbons (Fsp3) is 0.550. The summed E-state index contributed by atoms with van der Waals surface area (Å²) in [4.78, 5) is 40.2. The fourth-order valence-electron chi connectivity index (χ4n) is 4.58. The van der Waals surface area contributed by atoms with Crippen LogP contribution in [-0.2, 0) is 9.59 Å². The molecule has 0 aromatic heterocycles. The Morgan fingerprint density at radius 1 is 1.21 bits per heavy atom. The number of likely N-dealkylation sites (tertiary alicyclic amines) is 1. The molecule has 0 radical (unpaired) electrons. The van der Waals surface area contributed by atoms with Gasteiger partial charge in [0, 0.05) is 52.0 Å². The van der Waals surface area contributed by atoms with Crippen LogP contribution in [0.4, 0.5) is 4.79 Å². The quantitative estimate of drug-likeness (QED) is 0.749. The van der Waals surface area contributed by atoms with Crippen molar-refractivity contribution in [3.8, 4) is 0 Å². The zero-order valence-electron chi connectivity index (χ0n) is 16.5. The van der Waals surface area contributed by atoms with Crippen molar-refractivity contribution in [2.75, 3.05) is 33.2 Å². The summed E-state index contributed by atoms with van der Waals surface area (Å²) < 4.78 is 0. The van der Waals surface area contributed by atoms with E-state index < -0.39 is 17.6 Å². The molecule has 29 heavy (non-hydrogen) atoms. The number of likely N-dealkylation sites (N-methyl/N-ethyl adjacent to an activating group) is 1. The number of amides is 2. The van der Waals surface area contributed by atoms with Crippen LogP contribution in [0.25, 0.3) is 0 Å². The molecule has 0 unspecified atom stereocenters. The number of carbonyl (C=O) groups is 3. The summed E-state index contributed by atoms with van der Waals surface area (Å²) >= 11 is 12.2. The summed E-state index contributed by atoms with van der Waals surface area (Å²) in [6, 6.07) is 5.17. The van der Waals surface area contributed by atoms with Crippen molar-refractivity contribution < 1.29 is 19.5 Å². The lowest BCUT2D eigenvalue weighted by Gasteiger charge is -2.43. The minimum atomic E-state index is -1.24. The second-order valence-electron chi connectivity index (χ2n) is 7.77. The van der Waals surface area contributed by atoms with Crippen LogP contribution in [0.5, 0.6) is 0 Å². The van der Waals surface area contributed by atoms with Gasteiger partial charge in [-0.15, -0.1) is 0 Å². The first-order chi connectivity index (χ1) is 13.7. The number of carbonyl (C=O) groups excluding carboxylic acids is 2. The zero-order valence-corrected chi connectivity index (χ0v) is 18.0. The van der Waals surface area contributed by atoms with E-state index in [0.717, 1.165) is 10.5 Å². The third-order valence-electron chi connectivity index (χ3n) is 6.29. The van der Waals surface area contributed by atoms with E-state index in [0.29, 0.717) is 42.5 Å². The van der Waals surface area contributed by atoms with Gasteiger partial charge in [-0.3, -0.25) is 14.5 Å². The maximum atomic E-state index is 13.8. The fourth-order valence-corrected chi connectivity index (χ4v) is 4.89. The lowest BCUT2D eigenvalue weighted by molar-refractivity contribution is -0.138. The number of benzene rings is 1.